The molecule has 0 spiro atoms. The van der Waals surface area contributed by atoms with Gasteiger partial charge in [-0.25, -0.2) is 9.59 Å². The van der Waals surface area contributed by atoms with Gasteiger partial charge in [0.25, 0.3) is 0 Å². The number of hydrogen-bond acceptors (Lipinski definition) is 3. The minimum absolute atomic E-state index is 0.0441. The largest absolute Gasteiger partial charge is 0.478 e. The van der Waals surface area contributed by atoms with Crippen LogP contribution in [-0.2, 0) is 16.1 Å². The van der Waals surface area contributed by atoms with Crippen molar-refractivity contribution in [2.24, 2.45) is 0 Å². The van der Waals surface area contributed by atoms with Crippen molar-refractivity contribution >= 4 is 11.9 Å². The molecule has 0 saturated heterocycles. The van der Waals surface area contributed by atoms with Gasteiger partial charge >= 0.3 is 11.9 Å². The fourth-order valence-electron chi connectivity index (χ4n) is 1.86. The van der Waals surface area contributed by atoms with Crippen LogP contribution in [0.3, 0.4) is 0 Å². The van der Waals surface area contributed by atoms with E-state index >= 15 is 0 Å². The number of benzene rings is 1. The molecule has 1 aromatic carbocycles. The standard InChI is InChI=1S/C15H19NO4/c1-11(14(17)18)13(15(19)20)8-9-16(2)10-12-6-4-3-5-7-12/h3-7H,8-10H2,1-2H3,(H,17,18)(H,19,20)/b13-11+. The number of carbonyl (C=O) groups is 2. The van der Waals surface area contributed by atoms with Crippen molar-refractivity contribution in [2.75, 3.05) is 13.6 Å². The van der Waals surface area contributed by atoms with E-state index in [9.17, 15) is 9.59 Å². The first-order valence-electron chi connectivity index (χ1n) is 6.30. The van der Waals surface area contributed by atoms with Crippen molar-refractivity contribution in [2.45, 2.75) is 19.9 Å². The van der Waals surface area contributed by atoms with Crippen molar-refractivity contribution in [1.29, 1.82) is 0 Å². The lowest BCUT2D eigenvalue weighted by Gasteiger charge is -2.17. The number of carboxylic acids is 2. The molecule has 108 valence electrons. The molecule has 0 radical (unpaired) electrons. The normalized spacial score (nSPS) is 12.2. The molecule has 0 heterocycles. The lowest BCUT2D eigenvalue weighted by molar-refractivity contribution is -0.136. The topological polar surface area (TPSA) is 77.8 Å². The van der Waals surface area contributed by atoms with Gasteiger partial charge in [-0.15, -0.1) is 0 Å². The minimum atomic E-state index is -1.19. The summed E-state index contributed by atoms with van der Waals surface area (Å²) in [5.41, 5.74) is 0.980. The van der Waals surface area contributed by atoms with Gasteiger partial charge in [-0.05, 0) is 26.0 Å². The third-order valence-electron chi connectivity index (χ3n) is 3.07. The Morgan fingerprint density at radius 1 is 1.10 bits per heavy atom. The smallest absolute Gasteiger partial charge is 0.332 e. The summed E-state index contributed by atoms with van der Waals surface area (Å²) in [5, 5.41) is 17.9. The molecular formula is C15H19NO4. The van der Waals surface area contributed by atoms with E-state index in [1.165, 1.54) is 6.92 Å². The summed E-state index contributed by atoms with van der Waals surface area (Å²) >= 11 is 0. The molecule has 0 fully saturated rings. The molecule has 1 aromatic rings. The van der Waals surface area contributed by atoms with E-state index in [4.69, 9.17) is 10.2 Å². The van der Waals surface area contributed by atoms with E-state index in [1.54, 1.807) is 0 Å². The second-order valence-corrected chi connectivity index (χ2v) is 4.69. The number of rotatable bonds is 7. The minimum Gasteiger partial charge on any atom is -0.478 e. The molecule has 0 unspecified atom stereocenters. The van der Waals surface area contributed by atoms with Crippen molar-refractivity contribution < 1.29 is 19.8 Å². The first-order chi connectivity index (χ1) is 9.41. The molecule has 2 N–H and O–H groups in total. The molecule has 0 atom stereocenters. The van der Waals surface area contributed by atoms with E-state index < -0.39 is 11.9 Å². The Kier molecular flexibility index (Phi) is 5.93. The van der Waals surface area contributed by atoms with Crippen molar-refractivity contribution in [1.82, 2.24) is 4.90 Å². The fraction of sp³-hybridized carbons (Fsp3) is 0.333. The van der Waals surface area contributed by atoms with Crippen LogP contribution in [0.25, 0.3) is 0 Å². The highest BCUT2D eigenvalue weighted by Gasteiger charge is 2.16. The Morgan fingerprint density at radius 2 is 1.70 bits per heavy atom. The summed E-state index contributed by atoms with van der Waals surface area (Å²) in [4.78, 5) is 23.9. The summed E-state index contributed by atoms with van der Waals surface area (Å²) in [5.74, 6) is -2.36. The fourth-order valence-corrected chi connectivity index (χ4v) is 1.86. The number of hydrogen-bond donors (Lipinski definition) is 2. The Balaban J connectivity index is 2.62. The summed E-state index contributed by atoms with van der Waals surface area (Å²) in [6.07, 6.45) is 0.205. The van der Waals surface area contributed by atoms with Gasteiger partial charge in [0.2, 0.25) is 0 Å². The molecule has 0 aliphatic rings. The molecule has 0 saturated carbocycles. The lowest BCUT2D eigenvalue weighted by atomic mass is 10.1. The van der Waals surface area contributed by atoms with Crippen LogP contribution in [0.1, 0.15) is 18.9 Å². The van der Waals surface area contributed by atoms with Gasteiger partial charge in [0.1, 0.15) is 0 Å². The van der Waals surface area contributed by atoms with Crippen molar-refractivity contribution in [3.8, 4) is 0 Å². The highest BCUT2D eigenvalue weighted by Crippen LogP contribution is 2.11. The predicted octanol–water partition coefficient (Wildman–Crippen LogP) is 1.99. The van der Waals surface area contributed by atoms with Crippen LogP contribution >= 0.6 is 0 Å². The van der Waals surface area contributed by atoms with Crippen molar-refractivity contribution in [3.63, 3.8) is 0 Å². The Hall–Kier alpha value is -2.14. The Morgan fingerprint density at radius 3 is 2.20 bits per heavy atom. The maximum atomic E-state index is 11.1. The second kappa shape index (κ2) is 7.45. The van der Waals surface area contributed by atoms with Crippen LogP contribution in [0.4, 0.5) is 0 Å². The summed E-state index contributed by atoms with van der Waals surface area (Å²) in [7, 11) is 1.88. The van der Waals surface area contributed by atoms with Gasteiger partial charge in [-0.2, -0.15) is 0 Å². The van der Waals surface area contributed by atoms with E-state index in [1.807, 2.05) is 42.3 Å². The summed E-state index contributed by atoms with van der Waals surface area (Å²) < 4.78 is 0. The maximum absolute atomic E-state index is 11.1. The van der Waals surface area contributed by atoms with Crippen LogP contribution in [0.5, 0.6) is 0 Å². The van der Waals surface area contributed by atoms with Crippen LogP contribution < -0.4 is 0 Å². The average Bonchev–Trinajstić information content (AvgIpc) is 2.39. The van der Waals surface area contributed by atoms with Crippen LogP contribution in [-0.4, -0.2) is 40.6 Å². The zero-order valence-electron chi connectivity index (χ0n) is 11.7. The molecule has 0 amide bonds. The zero-order chi connectivity index (χ0) is 15.1. The molecular weight excluding hydrogens is 258 g/mol. The van der Waals surface area contributed by atoms with Crippen molar-refractivity contribution in [3.05, 3.63) is 47.0 Å². The van der Waals surface area contributed by atoms with Gasteiger partial charge in [0, 0.05) is 24.2 Å². The first-order valence-corrected chi connectivity index (χ1v) is 6.30. The van der Waals surface area contributed by atoms with E-state index in [0.29, 0.717) is 13.1 Å². The molecule has 0 aliphatic carbocycles. The molecule has 5 nitrogen and oxygen atoms in total. The lowest BCUT2D eigenvalue weighted by Crippen LogP contribution is -2.21. The van der Waals surface area contributed by atoms with Crippen LogP contribution in [0.2, 0.25) is 0 Å². The van der Waals surface area contributed by atoms with Crippen LogP contribution in [0.15, 0.2) is 41.5 Å². The van der Waals surface area contributed by atoms with E-state index in [2.05, 4.69) is 0 Å². The molecule has 0 bridgehead atoms. The predicted molar refractivity (Wildman–Crippen MR) is 75.4 cm³/mol. The number of nitrogens with zero attached hydrogens (tertiary/aromatic N) is 1. The Bertz CT molecular complexity index is 508. The molecule has 20 heavy (non-hydrogen) atoms. The summed E-state index contributed by atoms with van der Waals surface area (Å²) in [6.45, 7) is 2.50. The third-order valence-corrected chi connectivity index (χ3v) is 3.07. The Labute approximate surface area is 118 Å². The van der Waals surface area contributed by atoms with Gasteiger partial charge in [0.15, 0.2) is 0 Å². The zero-order valence-corrected chi connectivity index (χ0v) is 11.7. The monoisotopic (exact) mass is 277 g/mol. The van der Waals surface area contributed by atoms with E-state index in [0.717, 1.165) is 5.56 Å². The quantitative estimate of drug-likeness (QED) is 0.745. The molecule has 1 rings (SSSR count). The SMILES string of the molecule is C/C(C(=O)O)=C(/CCN(C)Cc1ccccc1)C(=O)O. The second-order valence-electron chi connectivity index (χ2n) is 4.69. The molecule has 0 aliphatic heterocycles. The molecule has 0 aromatic heterocycles. The summed E-state index contributed by atoms with van der Waals surface area (Å²) in [6, 6.07) is 9.81. The highest BCUT2D eigenvalue weighted by atomic mass is 16.4. The maximum Gasteiger partial charge on any atom is 0.332 e. The number of aliphatic carboxylic acids is 2. The third kappa shape index (κ3) is 4.85. The van der Waals surface area contributed by atoms with Gasteiger partial charge in [0.05, 0.1) is 0 Å². The van der Waals surface area contributed by atoms with Gasteiger partial charge < -0.3 is 15.1 Å². The average molecular weight is 277 g/mol. The van der Waals surface area contributed by atoms with E-state index in [-0.39, 0.29) is 17.6 Å². The van der Waals surface area contributed by atoms with Gasteiger partial charge in [-0.3, -0.25) is 0 Å². The number of carboxylic acid groups (broad SMARTS) is 2. The molecule has 5 heteroatoms. The van der Waals surface area contributed by atoms with Crippen LogP contribution in [0, 0.1) is 0 Å². The highest BCUT2D eigenvalue weighted by molar-refractivity contribution is 5.98. The first kappa shape index (κ1) is 15.9. The van der Waals surface area contributed by atoms with Gasteiger partial charge in [-0.1, -0.05) is 30.3 Å².